The van der Waals surface area contributed by atoms with E-state index in [9.17, 15) is 0 Å². The molecule has 0 atom stereocenters. The third-order valence-electron chi connectivity index (χ3n) is 3.04. The van der Waals surface area contributed by atoms with Crippen LogP contribution in [-0.4, -0.2) is 20.8 Å². The number of rotatable bonds is 3. The van der Waals surface area contributed by atoms with Crippen molar-refractivity contribution < 1.29 is 0 Å². The van der Waals surface area contributed by atoms with E-state index >= 15 is 0 Å². The molecule has 2 rings (SSSR count). The molecule has 1 aromatic heterocycles. The van der Waals surface area contributed by atoms with Crippen LogP contribution in [0.1, 0.15) is 45.9 Å². The number of hydrogen-bond donors (Lipinski definition) is 1. The maximum Gasteiger partial charge on any atom is 0.203 e. The highest BCUT2D eigenvalue weighted by atomic mass is 35.5. The summed E-state index contributed by atoms with van der Waals surface area (Å²) in [6.07, 6.45) is 3.53. The van der Waals surface area contributed by atoms with Gasteiger partial charge in [0.1, 0.15) is 5.82 Å². The summed E-state index contributed by atoms with van der Waals surface area (Å²) in [6.45, 7) is 6.37. The Balaban J connectivity index is 2.08. The largest absolute Gasteiger partial charge is 0.354 e. The molecule has 0 bridgehead atoms. The summed E-state index contributed by atoms with van der Waals surface area (Å²) in [5.74, 6) is 1.56. The van der Waals surface area contributed by atoms with Crippen LogP contribution >= 0.6 is 23.1 Å². The van der Waals surface area contributed by atoms with E-state index in [1.54, 1.807) is 0 Å². The van der Waals surface area contributed by atoms with Gasteiger partial charge in [0.2, 0.25) is 5.13 Å². The average Bonchev–Trinajstić information content (AvgIpc) is 2.58. The Bertz CT molecular complexity index is 360. The summed E-state index contributed by atoms with van der Waals surface area (Å²) in [4.78, 5) is 4.53. The number of anilines is 1. The van der Waals surface area contributed by atoms with Crippen molar-refractivity contribution in [2.75, 3.05) is 11.2 Å². The van der Waals surface area contributed by atoms with Crippen LogP contribution in [-0.2, 0) is 5.41 Å². The van der Waals surface area contributed by atoms with E-state index in [1.165, 1.54) is 18.0 Å². The van der Waals surface area contributed by atoms with Crippen LogP contribution in [0.25, 0.3) is 0 Å². The van der Waals surface area contributed by atoms with Gasteiger partial charge in [0.05, 0.1) is 5.54 Å². The van der Waals surface area contributed by atoms with Crippen LogP contribution in [0, 0.1) is 0 Å². The molecule has 0 saturated heterocycles. The molecule has 0 aliphatic heterocycles. The van der Waals surface area contributed by atoms with Gasteiger partial charge in [-0.25, -0.2) is 4.98 Å². The van der Waals surface area contributed by atoms with E-state index in [1.807, 2.05) is 0 Å². The first kappa shape index (κ1) is 12.1. The van der Waals surface area contributed by atoms with E-state index in [0.717, 1.165) is 23.8 Å². The lowest BCUT2D eigenvalue weighted by atomic mass is 9.78. The van der Waals surface area contributed by atoms with Gasteiger partial charge in [-0.15, -0.1) is 11.6 Å². The van der Waals surface area contributed by atoms with E-state index in [2.05, 4.69) is 35.4 Å². The number of nitrogens with one attached hydrogen (secondary N) is 1. The van der Waals surface area contributed by atoms with Crippen LogP contribution in [0.15, 0.2) is 0 Å². The minimum absolute atomic E-state index is 0.0180. The Labute approximate surface area is 106 Å². The first-order valence-corrected chi connectivity index (χ1v) is 6.94. The third-order valence-corrected chi connectivity index (χ3v) is 4.18. The Morgan fingerprint density at radius 1 is 1.44 bits per heavy atom. The molecule has 1 aromatic rings. The lowest BCUT2D eigenvalue weighted by Crippen LogP contribution is -2.46. The molecule has 3 nitrogen and oxygen atoms in total. The summed E-state index contributed by atoms with van der Waals surface area (Å²) in [5, 5.41) is 4.35. The molecular weight excluding hydrogens is 242 g/mol. The first-order chi connectivity index (χ1) is 7.45. The van der Waals surface area contributed by atoms with Gasteiger partial charge in [-0.3, -0.25) is 0 Å². The zero-order chi connectivity index (χ0) is 11.8. The molecule has 0 spiro atoms. The fraction of sp³-hybridized carbons (Fsp3) is 0.818. The number of halogens is 1. The Morgan fingerprint density at radius 2 is 2.12 bits per heavy atom. The molecule has 1 saturated carbocycles. The van der Waals surface area contributed by atoms with Crippen molar-refractivity contribution in [2.45, 2.75) is 51.0 Å². The van der Waals surface area contributed by atoms with E-state index < -0.39 is 0 Å². The van der Waals surface area contributed by atoms with Crippen LogP contribution in [0.5, 0.6) is 0 Å². The van der Waals surface area contributed by atoms with Crippen molar-refractivity contribution in [2.24, 2.45) is 0 Å². The number of nitrogens with zero attached hydrogens (tertiary/aromatic N) is 2. The second kappa shape index (κ2) is 4.15. The third kappa shape index (κ3) is 2.33. The van der Waals surface area contributed by atoms with Crippen LogP contribution < -0.4 is 5.32 Å². The second-order valence-corrected chi connectivity index (χ2v) is 6.58. The molecular formula is C11H18ClN3S. The molecule has 0 radical (unpaired) electrons. The first-order valence-electron chi connectivity index (χ1n) is 5.64. The zero-order valence-electron chi connectivity index (χ0n) is 10.0. The highest BCUT2D eigenvalue weighted by Gasteiger charge is 2.37. The molecule has 1 aliphatic rings. The predicted octanol–water partition coefficient (Wildman–Crippen LogP) is 3.41. The minimum Gasteiger partial charge on any atom is -0.354 e. The Hall–Kier alpha value is -0.350. The van der Waals surface area contributed by atoms with E-state index in [-0.39, 0.29) is 11.0 Å². The van der Waals surface area contributed by atoms with Gasteiger partial charge in [0.25, 0.3) is 0 Å². The van der Waals surface area contributed by atoms with Gasteiger partial charge in [-0.05, 0) is 19.3 Å². The van der Waals surface area contributed by atoms with E-state index in [4.69, 9.17) is 11.6 Å². The lowest BCUT2D eigenvalue weighted by molar-refractivity contribution is 0.311. The molecule has 16 heavy (non-hydrogen) atoms. The standard InChI is InChI=1S/C11H18ClN3S/c1-10(2,3)8-13-9(16-15-8)14-11(7-12)5-4-6-11/h4-7H2,1-3H3,(H,13,14,15). The van der Waals surface area contributed by atoms with Crippen molar-refractivity contribution in [1.29, 1.82) is 0 Å². The number of alkyl halides is 1. The molecule has 1 heterocycles. The summed E-state index contributed by atoms with van der Waals surface area (Å²) < 4.78 is 4.39. The maximum absolute atomic E-state index is 6.00. The molecule has 1 N–H and O–H groups in total. The molecule has 0 unspecified atom stereocenters. The van der Waals surface area contributed by atoms with Crippen LogP contribution in [0.2, 0.25) is 0 Å². The molecule has 0 amide bonds. The molecule has 1 aliphatic carbocycles. The number of aromatic nitrogens is 2. The van der Waals surface area contributed by atoms with Gasteiger partial charge in [-0.2, -0.15) is 4.37 Å². The summed E-state index contributed by atoms with van der Waals surface area (Å²) in [7, 11) is 0. The molecule has 0 aromatic carbocycles. The smallest absolute Gasteiger partial charge is 0.203 e. The second-order valence-electron chi connectivity index (χ2n) is 5.57. The van der Waals surface area contributed by atoms with Crippen molar-refractivity contribution in [3.63, 3.8) is 0 Å². The van der Waals surface area contributed by atoms with Crippen molar-refractivity contribution in [3.05, 3.63) is 5.82 Å². The van der Waals surface area contributed by atoms with Crippen molar-refractivity contribution in [1.82, 2.24) is 9.36 Å². The summed E-state index contributed by atoms with van der Waals surface area (Å²) >= 11 is 7.44. The normalized spacial score (nSPS) is 19.2. The Kier molecular flexibility index (Phi) is 3.14. The lowest BCUT2D eigenvalue weighted by Gasteiger charge is -2.40. The fourth-order valence-electron chi connectivity index (χ4n) is 1.70. The van der Waals surface area contributed by atoms with E-state index in [0.29, 0.717) is 5.88 Å². The van der Waals surface area contributed by atoms with Crippen LogP contribution in [0.4, 0.5) is 5.13 Å². The molecule has 1 fully saturated rings. The minimum atomic E-state index is 0.0180. The molecule has 90 valence electrons. The topological polar surface area (TPSA) is 37.8 Å². The monoisotopic (exact) mass is 259 g/mol. The van der Waals surface area contributed by atoms with Gasteiger partial charge in [-0.1, -0.05) is 20.8 Å². The summed E-state index contributed by atoms with van der Waals surface area (Å²) in [5.41, 5.74) is 0.0976. The highest BCUT2D eigenvalue weighted by molar-refractivity contribution is 7.09. The highest BCUT2D eigenvalue weighted by Crippen LogP contribution is 2.37. The van der Waals surface area contributed by atoms with Gasteiger partial charge >= 0.3 is 0 Å². The fourth-order valence-corrected chi connectivity index (χ4v) is 2.91. The predicted molar refractivity (Wildman–Crippen MR) is 69.5 cm³/mol. The van der Waals surface area contributed by atoms with Gasteiger partial charge in [0.15, 0.2) is 0 Å². The van der Waals surface area contributed by atoms with Crippen LogP contribution in [0.3, 0.4) is 0 Å². The quantitative estimate of drug-likeness (QED) is 0.846. The zero-order valence-corrected chi connectivity index (χ0v) is 11.6. The number of hydrogen-bond acceptors (Lipinski definition) is 4. The SMILES string of the molecule is CC(C)(C)c1nsc(NC2(CCl)CCC2)n1. The summed E-state index contributed by atoms with van der Waals surface area (Å²) in [6, 6.07) is 0. The van der Waals surface area contributed by atoms with Crippen molar-refractivity contribution in [3.8, 4) is 0 Å². The average molecular weight is 260 g/mol. The Morgan fingerprint density at radius 3 is 2.50 bits per heavy atom. The van der Waals surface area contributed by atoms with Crippen molar-refractivity contribution >= 4 is 28.3 Å². The van der Waals surface area contributed by atoms with Gasteiger partial charge in [0, 0.05) is 22.8 Å². The maximum atomic E-state index is 6.00. The van der Waals surface area contributed by atoms with Gasteiger partial charge < -0.3 is 5.32 Å². The molecule has 5 heteroatoms.